The van der Waals surface area contributed by atoms with Crippen LogP contribution >= 0.6 is 11.6 Å². The summed E-state index contributed by atoms with van der Waals surface area (Å²) in [5.74, 6) is -0.576. The lowest BCUT2D eigenvalue weighted by Gasteiger charge is -2.39. The van der Waals surface area contributed by atoms with Crippen molar-refractivity contribution in [2.24, 2.45) is 0 Å². The molecular formula is C13H12ClFN4O. The molecular weight excluding hydrogens is 283 g/mol. The van der Waals surface area contributed by atoms with Gasteiger partial charge in [-0.2, -0.15) is 0 Å². The van der Waals surface area contributed by atoms with E-state index < -0.39 is 5.82 Å². The number of hydrogen-bond acceptors (Lipinski definition) is 3. The second kappa shape index (κ2) is 5.20. The van der Waals surface area contributed by atoms with Gasteiger partial charge in [0.2, 0.25) is 5.91 Å². The van der Waals surface area contributed by atoms with Crippen LogP contribution in [0, 0.1) is 5.82 Å². The van der Waals surface area contributed by atoms with Gasteiger partial charge in [-0.05, 0) is 12.1 Å². The van der Waals surface area contributed by atoms with Crippen LogP contribution < -0.4 is 0 Å². The van der Waals surface area contributed by atoms with Crippen molar-refractivity contribution in [1.82, 2.24) is 19.9 Å². The Morgan fingerprint density at radius 1 is 1.45 bits per heavy atom. The first-order valence-electron chi connectivity index (χ1n) is 6.21. The summed E-state index contributed by atoms with van der Waals surface area (Å²) in [5, 5.41) is 7.90. The minimum atomic E-state index is -0.445. The van der Waals surface area contributed by atoms with Gasteiger partial charge in [0, 0.05) is 29.9 Å². The minimum absolute atomic E-state index is 0.0183. The number of halogens is 2. The molecule has 1 aromatic carbocycles. The summed E-state index contributed by atoms with van der Waals surface area (Å²) in [7, 11) is 0. The van der Waals surface area contributed by atoms with Gasteiger partial charge in [-0.15, -0.1) is 5.10 Å². The number of aromatic nitrogens is 3. The van der Waals surface area contributed by atoms with Crippen LogP contribution in [-0.4, -0.2) is 38.9 Å². The Labute approximate surface area is 119 Å². The first-order valence-corrected chi connectivity index (χ1v) is 6.59. The zero-order chi connectivity index (χ0) is 14.1. The summed E-state index contributed by atoms with van der Waals surface area (Å²) in [4.78, 5) is 13.7. The van der Waals surface area contributed by atoms with Crippen molar-refractivity contribution in [3.8, 4) is 0 Å². The third-order valence-electron chi connectivity index (χ3n) is 3.42. The van der Waals surface area contributed by atoms with Crippen molar-refractivity contribution in [2.75, 3.05) is 13.1 Å². The van der Waals surface area contributed by atoms with Crippen molar-refractivity contribution in [3.63, 3.8) is 0 Å². The number of carbonyl (C=O) groups excluding carboxylic acids is 1. The molecule has 3 rings (SSSR count). The van der Waals surface area contributed by atoms with E-state index in [0.717, 1.165) is 0 Å². The first kappa shape index (κ1) is 13.1. The summed E-state index contributed by atoms with van der Waals surface area (Å²) in [6.07, 6.45) is 3.35. The Morgan fingerprint density at radius 3 is 2.90 bits per heavy atom. The number of benzene rings is 1. The lowest BCUT2D eigenvalue weighted by atomic mass is 10.1. The lowest BCUT2D eigenvalue weighted by Crippen LogP contribution is -2.51. The van der Waals surface area contributed by atoms with E-state index in [0.29, 0.717) is 13.1 Å². The van der Waals surface area contributed by atoms with Crippen LogP contribution in [0.2, 0.25) is 5.02 Å². The standard InChI is InChI=1S/C13H12ClFN4O/c14-11-2-1-3-12(15)10(11)6-13(20)18-7-9(8-18)19-5-4-16-17-19/h1-5,9H,6-8H2. The summed E-state index contributed by atoms with van der Waals surface area (Å²) in [6.45, 7) is 1.13. The normalized spacial score (nSPS) is 15.2. The smallest absolute Gasteiger partial charge is 0.227 e. The van der Waals surface area contributed by atoms with Gasteiger partial charge in [0.1, 0.15) is 5.82 Å². The van der Waals surface area contributed by atoms with Gasteiger partial charge in [-0.1, -0.05) is 22.9 Å². The Balaban J connectivity index is 1.62. The van der Waals surface area contributed by atoms with Gasteiger partial charge in [-0.3, -0.25) is 4.79 Å². The van der Waals surface area contributed by atoms with Gasteiger partial charge >= 0.3 is 0 Å². The average Bonchev–Trinajstić information content (AvgIpc) is 2.86. The van der Waals surface area contributed by atoms with Crippen LogP contribution in [0.25, 0.3) is 0 Å². The largest absolute Gasteiger partial charge is 0.338 e. The number of likely N-dealkylation sites (tertiary alicyclic amines) is 1. The van der Waals surface area contributed by atoms with Crippen molar-refractivity contribution in [2.45, 2.75) is 12.5 Å². The first-order chi connectivity index (χ1) is 9.65. The fourth-order valence-corrected chi connectivity index (χ4v) is 2.43. The molecule has 0 aliphatic carbocycles. The van der Waals surface area contributed by atoms with E-state index in [9.17, 15) is 9.18 Å². The molecule has 0 unspecified atom stereocenters. The van der Waals surface area contributed by atoms with E-state index in [-0.39, 0.29) is 29.0 Å². The minimum Gasteiger partial charge on any atom is -0.338 e. The van der Waals surface area contributed by atoms with Crippen molar-refractivity contribution >= 4 is 17.5 Å². The number of nitrogens with zero attached hydrogens (tertiary/aromatic N) is 4. The maximum Gasteiger partial charge on any atom is 0.227 e. The summed E-state index contributed by atoms with van der Waals surface area (Å²) in [5.41, 5.74) is 0.253. The zero-order valence-electron chi connectivity index (χ0n) is 10.5. The molecule has 0 atom stereocenters. The van der Waals surface area contributed by atoms with Gasteiger partial charge in [-0.25, -0.2) is 9.07 Å². The molecule has 1 saturated heterocycles. The molecule has 2 aromatic rings. The maximum atomic E-state index is 13.6. The highest BCUT2D eigenvalue weighted by molar-refractivity contribution is 6.31. The SMILES string of the molecule is O=C(Cc1c(F)cccc1Cl)N1CC(n2ccnn2)C1. The highest BCUT2D eigenvalue weighted by Gasteiger charge is 2.32. The molecule has 0 N–H and O–H groups in total. The molecule has 0 saturated carbocycles. The van der Waals surface area contributed by atoms with Crippen molar-refractivity contribution in [1.29, 1.82) is 0 Å². The van der Waals surface area contributed by atoms with Crippen LogP contribution in [0.1, 0.15) is 11.6 Å². The predicted molar refractivity (Wildman–Crippen MR) is 70.8 cm³/mol. The van der Waals surface area contributed by atoms with Crippen LogP contribution in [-0.2, 0) is 11.2 Å². The molecule has 1 aliphatic heterocycles. The molecule has 104 valence electrons. The molecule has 7 heteroatoms. The van der Waals surface area contributed by atoms with Gasteiger partial charge in [0.05, 0.1) is 18.7 Å². The maximum absolute atomic E-state index is 13.6. The molecule has 2 heterocycles. The van der Waals surface area contributed by atoms with E-state index in [2.05, 4.69) is 10.3 Å². The second-order valence-corrected chi connectivity index (χ2v) is 5.12. The fraction of sp³-hybridized carbons (Fsp3) is 0.308. The highest BCUT2D eigenvalue weighted by Crippen LogP contribution is 2.24. The topological polar surface area (TPSA) is 51.0 Å². The molecule has 0 bridgehead atoms. The summed E-state index contributed by atoms with van der Waals surface area (Å²) in [6, 6.07) is 4.57. The summed E-state index contributed by atoms with van der Waals surface area (Å²) >= 11 is 5.92. The lowest BCUT2D eigenvalue weighted by molar-refractivity contribution is -0.136. The Bertz CT molecular complexity index is 605. The molecule has 20 heavy (non-hydrogen) atoms. The van der Waals surface area contributed by atoms with Crippen molar-refractivity contribution in [3.05, 3.63) is 47.0 Å². The van der Waals surface area contributed by atoms with Crippen LogP contribution in [0.15, 0.2) is 30.6 Å². The van der Waals surface area contributed by atoms with Crippen LogP contribution in [0.3, 0.4) is 0 Å². The third kappa shape index (κ3) is 2.38. The Kier molecular flexibility index (Phi) is 3.40. The molecule has 1 fully saturated rings. The van der Waals surface area contributed by atoms with Crippen molar-refractivity contribution < 1.29 is 9.18 Å². The molecule has 1 aromatic heterocycles. The van der Waals surface area contributed by atoms with E-state index in [1.807, 2.05) is 0 Å². The van der Waals surface area contributed by atoms with E-state index in [4.69, 9.17) is 11.6 Å². The van der Waals surface area contributed by atoms with Gasteiger partial charge < -0.3 is 4.90 Å². The predicted octanol–water partition coefficient (Wildman–Crippen LogP) is 1.70. The molecule has 5 nitrogen and oxygen atoms in total. The number of hydrogen-bond donors (Lipinski definition) is 0. The molecule has 1 aliphatic rings. The van der Waals surface area contributed by atoms with Crippen LogP contribution in [0.5, 0.6) is 0 Å². The second-order valence-electron chi connectivity index (χ2n) is 4.71. The highest BCUT2D eigenvalue weighted by atomic mass is 35.5. The molecule has 1 amide bonds. The number of amides is 1. The monoisotopic (exact) mass is 294 g/mol. The van der Waals surface area contributed by atoms with E-state index >= 15 is 0 Å². The molecule has 0 spiro atoms. The quantitative estimate of drug-likeness (QED) is 0.866. The number of rotatable bonds is 3. The third-order valence-corrected chi connectivity index (χ3v) is 3.77. The van der Waals surface area contributed by atoms with E-state index in [1.54, 1.807) is 28.0 Å². The Hall–Kier alpha value is -1.95. The summed E-state index contributed by atoms with van der Waals surface area (Å²) < 4.78 is 15.3. The average molecular weight is 295 g/mol. The molecule has 0 radical (unpaired) electrons. The van der Waals surface area contributed by atoms with E-state index in [1.165, 1.54) is 12.1 Å². The fourth-order valence-electron chi connectivity index (χ4n) is 2.20. The Morgan fingerprint density at radius 2 is 2.25 bits per heavy atom. The van der Waals surface area contributed by atoms with Crippen LogP contribution in [0.4, 0.5) is 4.39 Å². The van der Waals surface area contributed by atoms with Gasteiger partial charge in [0.15, 0.2) is 0 Å². The zero-order valence-corrected chi connectivity index (χ0v) is 11.3. The number of carbonyl (C=O) groups is 1. The van der Waals surface area contributed by atoms with Gasteiger partial charge in [0.25, 0.3) is 0 Å².